The molecule has 1 amide bonds. The van der Waals surface area contributed by atoms with Crippen LogP contribution >= 0.6 is 0 Å². The number of nitrogens with zero attached hydrogens (tertiary/aromatic N) is 2. The Morgan fingerprint density at radius 2 is 2.03 bits per heavy atom. The van der Waals surface area contributed by atoms with Crippen LogP contribution in [-0.2, 0) is 10.3 Å². The molecule has 13 heteroatoms. The fourth-order valence-corrected chi connectivity index (χ4v) is 4.38. The van der Waals surface area contributed by atoms with Crippen molar-refractivity contribution in [3.8, 4) is 5.75 Å². The van der Waals surface area contributed by atoms with Crippen molar-refractivity contribution < 1.29 is 40.6 Å². The average molecular weight is 502 g/mol. The van der Waals surface area contributed by atoms with E-state index in [2.05, 4.69) is 15.3 Å². The largest absolute Gasteiger partial charge is 0.486 e. The quantitative estimate of drug-likeness (QED) is 0.557. The second-order valence-corrected chi connectivity index (χ2v) is 8.26. The van der Waals surface area contributed by atoms with Gasteiger partial charge in [-0.2, -0.15) is 0 Å². The third-order valence-electron chi connectivity index (χ3n) is 5.90. The first-order chi connectivity index (χ1) is 16.5. The number of carbonyl (C=O) groups is 1. The van der Waals surface area contributed by atoms with Crippen molar-refractivity contribution in [1.82, 2.24) is 4.98 Å². The van der Waals surface area contributed by atoms with Gasteiger partial charge in [-0.1, -0.05) is 0 Å². The molecule has 0 radical (unpaired) electrons. The normalized spacial score (nSPS) is 24.9. The number of nitrogens with two attached hydrogens (primary N) is 1. The number of pyridine rings is 1. The van der Waals surface area contributed by atoms with Crippen molar-refractivity contribution in [3.05, 3.63) is 53.6 Å². The van der Waals surface area contributed by atoms with E-state index in [0.29, 0.717) is 0 Å². The molecule has 0 saturated heterocycles. The van der Waals surface area contributed by atoms with Gasteiger partial charge in [0.05, 0.1) is 6.20 Å². The van der Waals surface area contributed by atoms with Gasteiger partial charge in [-0.15, -0.1) is 0 Å². The average Bonchev–Trinajstić information content (AvgIpc) is 3.12. The number of carbonyl (C=O) groups excluding carboxylic acids is 1. The highest BCUT2D eigenvalue weighted by atomic mass is 19.3. The third-order valence-corrected chi connectivity index (χ3v) is 5.90. The number of nitrogens with one attached hydrogen (secondary N) is 1. The van der Waals surface area contributed by atoms with Crippen molar-refractivity contribution in [2.24, 2.45) is 16.6 Å². The molecule has 2 aliphatic rings. The number of fused-ring (bicyclic) bond motifs is 1. The summed E-state index contributed by atoms with van der Waals surface area (Å²) in [5.41, 5.74) is 3.09. The highest BCUT2D eigenvalue weighted by Gasteiger charge is 2.60. The maximum atomic E-state index is 14.9. The molecule has 0 bridgehead atoms. The molecule has 4 rings (SSSR count). The molecule has 0 spiro atoms. The minimum absolute atomic E-state index is 0.0145. The van der Waals surface area contributed by atoms with E-state index in [4.69, 9.17) is 15.2 Å². The first-order valence-electron chi connectivity index (χ1n) is 10.5. The van der Waals surface area contributed by atoms with E-state index in [1.807, 2.05) is 0 Å². The molecule has 2 aromatic rings. The number of aromatic nitrogens is 1. The molecule has 7 nitrogen and oxygen atoms in total. The molecule has 2 unspecified atom stereocenters. The van der Waals surface area contributed by atoms with E-state index in [9.17, 15) is 31.1 Å². The number of alkyl halides is 5. The smallest absolute Gasteiger partial charge is 0.283 e. The lowest BCUT2D eigenvalue weighted by atomic mass is 9.76. The van der Waals surface area contributed by atoms with Crippen LogP contribution in [0.5, 0.6) is 5.75 Å². The molecule has 1 aliphatic carbocycles. The predicted molar refractivity (Wildman–Crippen MR) is 112 cm³/mol. The van der Waals surface area contributed by atoms with E-state index in [0.717, 1.165) is 18.3 Å². The molecule has 188 valence electrons. The zero-order valence-electron chi connectivity index (χ0n) is 18.0. The van der Waals surface area contributed by atoms with Crippen LogP contribution in [0.4, 0.5) is 32.0 Å². The highest BCUT2D eigenvalue weighted by molar-refractivity contribution is 6.02. The lowest BCUT2D eigenvalue weighted by molar-refractivity contribution is -0.00300. The van der Waals surface area contributed by atoms with Crippen molar-refractivity contribution in [2.45, 2.75) is 36.8 Å². The van der Waals surface area contributed by atoms with Crippen LogP contribution in [0.2, 0.25) is 0 Å². The van der Waals surface area contributed by atoms with Gasteiger partial charge in [0.1, 0.15) is 42.2 Å². The van der Waals surface area contributed by atoms with Crippen LogP contribution in [-0.4, -0.2) is 48.6 Å². The second-order valence-electron chi connectivity index (χ2n) is 8.26. The summed E-state index contributed by atoms with van der Waals surface area (Å²) < 4.78 is 92.1. The van der Waals surface area contributed by atoms with Gasteiger partial charge in [0.15, 0.2) is 0 Å². The Bertz CT molecular complexity index is 1130. The molecule has 1 fully saturated rings. The molecule has 3 N–H and O–H groups in total. The number of aliphatic imine (C=N–C) groups is 1. The zero-order valence-corrected chi connectivity index (χ0v) is 18.0. The summed E-state index contributed by atoms with van der Waals surface area (Å²) >= 11 is 0. The molecule has 35 heavy (non-hydrogen) atoms. The Hall–Kier alpha value is -3.51. The Kier molecular flexibility index (Phi) is 6.52. The molecular formula is C22H20F6N4O3. The van der Waals surface area contributed by atoms with Crippen molar-refractivity contribution >= 4 is 17.6 Å². The van der Waals surface area contributed by atoms with Gasteiger partial charge in [0.25, 0.3) is 24.3 Å². The van der Waals surface area contributed by atoms with Gasteiger partial charge >= 0.3 is 0 Å². The van der Waals surface area contributed by atoms with Crippen molar-refractivity contribution in [2.75, 3.05) is 18.6 Å². The van der Waals surface area contributed by atoms with Gasteiger partial charge in [0, 0.05) is 30.0 Å². The van der Waals surface area contributed by atoms with E-state index in [1.165, 1.54) is 18.2 Å². The van der Waals surface area contributed by atoms with Gasteiger partial charge in [-0.05, 0) is 30.3 Å². The lowest BCUT2D eigenvalue weighted by Crippen LogP contribution is -2.48. The highest BCUT2D eigenvalue weighted by Crippen LogP contribution is 2.53. The van der Waals surface area contributed by atoms with Gasteiger partial charge < -0.3 is 20.5 Å². The number of benzene rings is 1. The summed E-state index contributed by atoms with van der Waals surface area (Å²) in [6.07, 6.45) is -4.26. The molecule has 1 aliphatic heterocycles. The fraction of sp³-hybridized carbons (Fsp3) is 0.409. The van der Waals surface area contributed by atoms with Crippen LogP contribution in [0.25, 0.3) is 0 Å². The Balaban J connectivity index is 1.60. The topological polar surface area (TPSA) is 98.8 Å². The predicted octanol–water partition coefficient (Wildman–Crippen LogP) is 4.04. The first-order valence-corrected chi connectivity index (χ1v) is 10.5. The van der Waals surface area contributed by atoms with Crippen molar-refractivity contribution in [1.29, 1.82) is 0 Å². The molecule has 1 saturated carbocycles. The fourth-order valence-electron chi connectivity index (χ4n) is 4.38. The third kappa shape index (κ3) is 4.98. The Morgan fingerprint density at radius 1 is 1.26 bits per heavy atom. The number of halogens is 6. The summed E-state index contributed by atoms with van der Waals surface area (Å²) in [5.74, 6) is -6.02. The van der Waals surface area contributed by atoms with Crippen LogP contribution < -0.4 is 15.8 Å². The molecular weight excluding hydrogens is 482 g/mol. The minimum atomic E-state index is -3.17. The van der Waals surface area contributed by atoms with Crippen LogP contribution in [0.15, 0.2) is 41.5 Å². The SMILES string of the molecule is NC1=NC(CF)(c2cc(NC(=O)c3ccc(OCC(F)F)cn3)ccc2F)C2CC(F)(F)C[C@@H]2O1. The number of hydrogen-bond acceptors (Lipinski definition) is 6. The standard InChI is InChI=1S/C22H20F6N4O3/c23-10-22(14-6-21(27,28)7-17(14)35-20(29)32-22)13-5-11(1-3-15(13)24)31-19(33)16-4-2-12(8-30-16)34-9-18(25)26/h1-5,8,14,17-18H,6-7,9-10H2,(H2,29,32)(H,31,33)/t14?,17-,22?/m0/s1. The van der Waals surface area contributed by atoms with E-state index >= 15 is 0 Å². The zero-order chi connectivity index (χ0) is 25.4. The molecule has 1 aromatic carbocycles. The summed E-state index contributed by atoms with van der Waals surface area (Å²) in [7, 11) is 0. The van der Waals surface area contributed by atoms with Crippen molar-refractivity contribution in [3.63, 3.8) is 0 Å². The van der Waals surface area contributed by atoms with Crippen LogP contribution in [0, 0.1) is 11.7 Å². The number of ether oxygens (including phenoxy) is 2. The Morgan fingerprint density at radius 3 is 2.69 bits per heavy atom. The number of rotatable bonds is 7. The number of amidine groups is 1. The monoisotopic (exact) mass is 502 g/mol. The van der Waals surface area contributed by atoms with E-state index < -0.39 is 73.8 Å². The minimum Gasteiger partial charge on any atom is -0.486 e. The lowest BCUT2D eigenvalue weighted by Gasteiger charge is -2.40. The summed E-state index contributed by atoms with van der Waals surface area (Å²) in [5, 5.41) is 2.45. The van der Waals surface area contributed by atoms with Crippen LogP contribution in [0.1, 0.15) is 28.9 Å². The number of anilines is 1. The first kappa shape index (κ1) is 24.6. The second kappa shape index (κ2) is 9.27. The maximum Gasteiger partial charge on any atom is 0.283 e. The van der Waals surface area contributed by atoms with E-state index in [-0.39, 0.29) is 22.7 Å². The van der Waals surface area contributed by atoms with Gasteiger partial charge in [-0.25, -0.2) is 36.3 Å². The summed E-state index contributed by atoms with van der Waals surface area (Å²) in [6.45, 7) is -2.17. The summed E-state index contributed by atoms with van der Waals surface area (Å²) in [6, 6.07) is 5.18. The molecule has 3 atom stereocenters. The van der Waals surface area contributed by atoms with Gasteiger partial charge in [-0.3, -0.25) is 4.79 Å². The van der Waals surface area contributed by atoms with Gasteiger partial charge in [0.2, 0.25) is 0 Å². The number of amides is 1. The van der Waals surface area contributed by atoms with Crippen LogP contribution in [0.3, 0.4) is 0 Å². The number of hydrogen-bond donors (Lipinski definition) is 2. The summed E-state index contributed by atoms with van der Waals surface area (Å²) in [4.78, 5) is 20.3. The molecule has 1 aromatic heterocycles. The van der Waals surface area contributed by atoms with E-state index in [1.54, 1.807) is 0 Å². The maximum absolute atomic E-state index is 14.9. The molecule has 2 heterocycles. The Labute approximate surface area is 195 Å².